The molecular weight excluding hydrogens is 126 g/mol. The summed E-state index contributed by atoms with van der Waals surface area (Å²) in [7, 11) is 3.49. The second-order valence-corrected chi connectivity index (χ2v) is 2.46. The first-order chi connectivity index (χ1) is 4.59. The van der Waals surface area contributed by atoms with E-state index in [-0.39, 0.29) is 0 Å². The van der Waals surface area contributed by atoms with E-state index in [9.17, 15) is 0 Å². The van der Waals surface area contributed by atoms with Gasteiger partial charge in [-0.25, -0.2) is 0 Å². The van der Waals surface area contributed by atoms with E-state index in [0.717, 1.165) is 5.70 Å². The molecule has 58 valence electrons. The fraction of sp³-hybridized carbons (Fsp3) is 0.714. The molecule has 0 unspecified atom stereocenters. The fourth-order valence-corrected chi connectivity index (χ4v) is 0.565. The molecule has 0 atom stereocenters. The summed E-state index contributed by atoms with van der Waals surface area (Å²) in [4.78, 5) is 0. The molecule has 0 amide bonds. The molecule has 0 aromatic rings. The van der Waals surface area contributed by atoms with E-state index in [1.165, 1.54) is 0 Å². The highest BCUT2D eigenvalue weighted by Gasteiger charge is 2.03. The average Bonchev–Trinajstić information content (AvgIpc) is 1.87. The first kappa shape index (κ1) is 9.14. The molecule has 0 aliphatic carbocycles. The molecule has 0 fully saturated rings. The molecule has 0 aromatic heterocycles. The summed E-state index contributed by atoms with van der Waals surface area (Å²) in [6.45, 7) is 7.99. The Labute approximate surface area is 62.4 Å². The Balaban J connectivity index is 3.95. The molecule has 0 N–H and O–H groups in total. The second-order valence-electron chi connectivity index (χ2n) is 2.46. The Kier molecular flexibility index (Phi) is 3.69. The highest BCUT2D eigenvalue weighted by atomic mass is 15.5. The summed E-state index contributed by atoms with van der Waals surface area (Å²) < 4.78 is 0. The Morgan fingerprint density at radius 1 is 1.50 bits per heavy atom. The zero-order chi connectivity index (χ0) is 8.15. The number of allylic oxidation sites excluding steroid dienone is 1. The van der Waals surface area contributed by atoms with Crippen LogP contribution in [0.2, 0.25) is 0 Å². The largest absolute Gasteiger partial charge is 0.255 e. The van der Waals surface area contributed by atoms with Crippen LogP contribution in [-0.4, -0.2) is 19.1 Å². The molecule has 0 radical (unpaired) electrons. The van der Waals surface area contributed by atoms with Crippen molar-refractivity contribution in [2.24, 2.45) is 16.3 Å². The van der Waals surface area contributed by atoms with Crippen LogP contribution in [0.5, 0.6) is 0 Å². The maximum absolute atomic E-state index is 3.84. The molecule has 0 aliphatic heterocycles. The smallest absolute Gasteiger partial charge is 0.0509 e. The van der Waals surface area contributed by atoms with E-state index < -0.39 is 0 Å². The minimum atomic E-state index is 0.426. The molecule has 0 rings (SSSR count). The quantitative estimate of drug-likeness (QED) is 0.437. The molecule has 10 heavy (non-hydrogen) atoms. The standard InChI is InChI=1S/C7H15N3/c1-6(2)7(3)10(5)9-8-4/h6H,3H2,1-2,4-5H3. The minimum absolute atomic E-state index is 0.426. The average molecular weight is 141 g/mol. The topological polar surface area (TPSA) is 28.0 Å². The van der Waals surface area contributed by atoms with Crippen LogP contribution < -0.4 is 0 Å². The normalized spacial score (nSPS) is 10.9. The predicted molar refractivity (Wildman–Crippen MR) is 42.5 cm³/mol. The van der Waals surface area contributed by atoms with E-state index in [1.807, 2.05) is 7.05 Å². The molecule has 0 aromatic carbocycles. The lowest BCUT2D eigenvalue weighted by Gasteiger charge is -2.16. The molecule has 0 saturated carbocycles. The van der Waals surface area contributed by atoms with Crippen LogP contribution in [0.1, 0.15) is 13.8 Å². The van der Waals surface area contributed by atoms with Crippen LogP contribution in [0, 0.1) is 5.92 Å². The van der Waals surface area contributed by atoms with Crippen molar-refractivity contribution in [3.8, 4) is 0 Å². The highest BCUT2D eigenvalue weighted by molar-refractivity contribution is 4.93. The number of hydrogen-bond acceptors (Lipinski definition) is 2. The monoisotopic (exact) mass is 141 g/mol. The molecule has 0 aliphatic rings. The minimum Gasteiger partial charge on any atom is -0.255 e. The van der Waals surface area contributed by atoms with E-state index >= 15 is 0 Å². The van der Waals surface area contributed by atoms with Gasteiger partial charge in [0.15, 0.2) is 0 Å². The summed E-state index contributed by atoms with van der Waals surface area (Å²) in [6.07, 6.45) is 0. The van der Waals surface area contributed by atoms with Gasteiger partial charge in [-0.3, -0.25) is 5.01 Å². The van der Waals surface area contributed by atoms with E-state index in [2.05, 4.69) is 30.8 Å². The Bertz CT molecular complexity index is 138. The van der Waals surface area contributed by atoms with Gasteiger partial charge >= 0.3 is 0 Å². The number of rotatable bonds is 3. The summed E-state index contributed by atoms with van der Waals surface area (Å²) >= 11 is 0. The lowest BCUT2D eigenvalue weighted by atomic mass is 10.1. The first-order valence-electron chi connectivity index (χ1n) is 3.31. The van der Waals surface area contributed by atoms with Crippen molar-refractivity contribution in [1.29, 1.82) is 0 Å². The van der Waals surface area contributed by atoms with Crippen molar-refractivity contribution in [2.75, 3.05) is 14.1 Å². The second kappa shape index (κ2) is 4.04. The van der Waals surface area contributed by atoms with Crippen molar-refractivity contribution in [3.05, 3.63) is 12.3 Å². The summed E-state index contributed by atoms with van der Waals surface area (Å²) in [5.74, 6) is 0.426. The lowest BCUT2D eigenvalue weighted by Crippen LogP contribution is -2.12. The van der Waals surface area contributed by atoms with Gasteiger partial charge in [-0.15, -0.1) is 0 Å². The van der Waals surface area contributed by atoms with Gasteiger partial charge in [-0.05, 0) is 5.92 Å². The van der Waals surface area contributed by atoms with Gasteiger partial charge in [0.2, 0.25) is 0 Å². The maximum Gasteiger partial charge on any atom is 0.0509 e. The SMILES string of the molecule is C=C(C(C)C)N(C)N=NC. The molecule has 0 saturated heterocycles. The predicted octanol–water partition coefficient (Wildman–Crippen LogP) is 2.08. The van der Waals surface area contributed by atoms with E-state index in [0.29, 0.717) is 5.92 Å². The van der Waals surface area contributed by atoms with Crippen LogP contribution in [0.3, 0.4) is 0 Å². The third-order valence-corrected chi connectivity index (χ3v) is 1.31. The zero-order valence-electron chi connectivity index (χ0n) is 7.13. The van der Waals surface area contributed by atoms with E-state index in [1.54, 1.807) is 12.1 Å². The molecule has 0 spiro atoms. The molecular formula is C7H15N3. The van der Waals surface area contributed by atoms with Crippen LogP contribution in [0.25, 0.3) is 0 Å². The third kappa shape index (κ3) is 2.62. The van der Waals surface area contributed by atoms with Crippen molar-refractivity contribution in [2.45, 2.75) is 13.8 Å². The molecule has 0 heterocycles. The van der Waals surface area contributed by atoms with E-state index in [4.69, 9.17) is 0 Å². The van der Waals surface area contributed by atoms with Gasteiger partial charge in [0.05, 0.1) is 7.05 Å². The zero-order valence-corrected chi connectivity index (χ0v) is 7.13. The third-order valence-electron chi connectivity index (χ3n) is 1.31. The van der Waals surface area contributed by atoms with Crippen molar-refractivity contribution in [1.82, 2.24) is 5.01 Å². The number of nitrogens with zero attached hydrogens (tertiary/aromatic N) is 3. The Morgan fingerprint density at radius 2 is 2.00 bits per heavy atom. The van der Waals surface area contributed by atoms with Gasteiger partial charge in [0, 0.05) is 12.7 Å². The van der Waals surface area contributed by atoms with Crippen molar-refractivity contribution in [3.63, 3.8) is 0 Å². The van der Waals surface area contributed by atoms with Gasteiger partial charge < -0.3 is 0 Å². The summed E-state index contributed by atoms with van der Waals surface area (Å²) in [5, 5.41) is 9.12. The molecule has 3 heteroatoms. The Morgan fingerprint density at radius 3 is 2.30 bits per heavy atom. The first-order valence-corrected chi connectivity index (χ1v) is 3.31. The maximum atomic E-state index is 3.84. The highest BCUT2D eigenvalue weighted by Crippen LogP contribution is 2.10. The van der Waals surface area contributed by atoms with Crippen LogP contribution in [0.4, 0.5) is 0 Å². The molecule has 3 nitrogen and oxygen atoms in total. The summed E-state index contributed by atoms with van der Waals surface area (Å²) in [5.41, 5.74) is 0.977. The van der Waals surface area contributed by atoms with Gasteiger partial charge in [0.1, 0.15) is 0 Å². The summed E-state index contributed by atoms with van der Waals surface area (Å²) in [6, 6.07) is 0. The van der Waals surface area contributed by atoms with Gasteiger partial charge in [-0.2, -0.15) is 5.11 Å². The van der Waals surface area contributed by atoms with Crippen molar-refractivity contribution >= 4 is 0 Å². The number of hydrogen-bond donors (Lipinski definition) is 0. The van der Waals surface area contributed by atoms with Crippen LogP contribution in [0.15, 0.2) is 22.6 Å². The molecule has 0 bridgehead atoms. The fourth-order valence-electron chi connectivity index (χ4n) is 0.565. The van der Waals surface area contributed by atoms with Crippen LogP contribution in [-0.2, 0) is 0 Å². The van der Waals surface area contributed by atoms with Gasteiger partial charge in [0.25, 0.3) is 0 Å². The Hall–Kier alpha value is -0.860. The lowest BCUT2D eigenvalue weighted by molar-refractivity contribution is 0.372. The van der Waals surface area contributed by atoms with Crippen LogP contribution >= 0.6 is 0 Å². The van der Waals surface area contributed by atoms with Crippen molar-refractivity contribution < 1.29 is 0 Å². The van der Waals surface area contributed by atoms with Gasteiger partial charge in [-0.1, -0.05) is 25.6 Å².